The van der Waals surface area contributed by atoms with Gasteiger partial charge >= 0.3 is 0 Å². The predicted molar refractivity (Wildman–Crippen MR) is 71.4 cm³/mol. The van der Waals surface area contributed by atoms with Crippen molar-refractivity contribution in [3.63, 3.8) is 0 Å². The van der Waals surface area contributed by atoms with E-state index in [4.69, 9.17) is 4.74 Å². The van der Waals surface area contributed by atoms with E-state index >= 15 is 0 Å². The molecule has 14 heavy (non-hydrogen) atoms. The summed E-state index contributed by atoms with van der Waals surface area (Å²) in [6, 6.07) is 0. The van der Waals surface area contributed by atoms with E-state index in [-0.39, 0.29) is 29.7 Å². The number of ether oxygens (including phenoxy) is 1. The molecule has 0 N–H and O–H groups in total. The largest absolute Gasteiger partial charge is 0.381 e. The van der Waals surface area contributed by atoms with Gasteiger partial charge in [-0.1, -0.05) is 36.6 Å². The lowest BCUT2D eigenvalue weighted by Crippen LogP contribution is -1.98. The van der Waals surface area contributed by atoms with Crippen LogP contribution in [0.25, 0.3) is 0 Å². The van der Waals surface area contributed by atoms with Crippen molar-refractivity contribution < 1.29 is 9.53 Å². The SMILES string of the molecule is C.C.C.C.CCCOCCSCC=O. The average molecular weight is 226 g/mol. The Bertz CT molecular complexity index is 77.7. The predicted octanol–water partition coefficient (Wildman–Crippen LogP) is 3.89. The molecule has 0 heterocycles. The van der Waals surface area contributed by atoms with Gasteiger partial charge < -0.3 is 9.53 Å². The van der Waals surface area contributed by atoms with Crippen LogP contribution in [-0.4, -0.2) is 31.0 Å². The van der Waals surface area contributed by atoms with Crippen molar-refractivity contribution >= 4 is 18.0 Å². The van der Waals surface area contributed by atoms with E-state index in [0.717, 1.165) is 31.7 Å². The first-order valence-corrected chi connectivity index (χ1v) is 4.66. The molecule has 0 aromatic heterocycles. The summed E-state index contributed by atoms with van der Waals surface area (Å²) in [5.74, 6) is 1.52. The third kappa shape index (κ3) is 29.6. The molecule has 0 spiro atoms. The number of hydrogen-bond acceptors (Lipinski definition) is 3. The number of carbonyl (C=O) groups excluding carboxylic acids is 1. The molecule has 0 aromatic rings. The Balaban J connectivity index is -0.0000000675. The van der Waals surface area contributed by atoms with Crippen molar-refractivity contribution in [3.05, 3.63) is 0 Å². The lowest BCUT2D eigenvalue weighted by molar-refractivity contribution is -0.105. The van der Waals surface area contributed by atoms with Crippen molar-refractivity contribution in [3.8, 4) is 0 Å². The molecule has 0 radical (unpaired) electrons. The average Bonchev–Trinajstić information content (AvgIpc) is 1.97. The van der Waals surface area contributed by atoms with E-state index in [9.17, 15) is 4.79 Å². The van der Waals surface area contributed by atoms with E-state index in [1.54, 1.807) is 11.8 Å². The summed E-state index contributed by atoms with van der Waals surface area (Å²) in [5, 5.41) is 0. The highest BCUT2D eigenvalue weighted by molar-refractivity contribution is 7.99. The molecule has 92 valence electrons. The Morgan fingerprint density at radius 3 is 2.14 bits per heavy atom. The second kappa shape index (κ2) is 29.3. The molecule has 0 atom stereocenters. The molecule has 0 aromatic carbocycles. The van der Waals surface area contributed by atoms with Gasteiger partial charge in [0.1, 0.15) is 6.29 Å². The molecule has 0 aliphatic carbocycles. The summed E-state index contributed by atoms with van der Waals surface area (Å²) in [6.07, 6.45) is 1.99. The number of aldehydes is 1. The lowest BCUT2D eigenvalue weighted by Gasteiger charge is -1.99. The summed E-state index contributed by atoms with van der Waals surface area (Å²) in [6.45, 7) is 3.69. The minimum absolute atomic E-state index is 0. The van der Waals surface area contributed by atoms with Crippen molar-refractivity contribution in [2.75, 3.05) is 24.7 Å². The molecular weight excluding hydrogens is 196 g/mol. The van der Waals surface area contributed by atoms with Crippen LogP contribution in [0.2, 0.25) is 0 Å². The van der Waals surface area contributed by atoms with Gasteiger partial charge in [-0.05, 0) is 6.42 Å². The first-order valence-electron chi connectivity index (χ1n) is 3.51. The molecule has 3 heteroatoms. The number of carbonyl (C=O) groups is 1. The molecule has 0 saturated carbocycles. The van der Waals surface area contributed by atoms with Gasteiger partial charge in [0.2, 0.25) is 0 Å². The zero-order valence-electron chi connectivity index (χ0n) is 6.34. The Kier molecular flexibility index (Phi) is 61.0. The van der Waals surface area contributed by atoms with Crippen molar-refractivity contribution in [1.29, 1.82) is 0 Å². The molecule has 0 rings (SSSR count). The fourth-order valence-electron chi connectivity index (χ4n) is 0.496. The van der Waals surface area contributed by atoms with Gasteiger partial charge in [0.25, 0.3) is 0 Å². The first kappa shape index (κ1) is 29.2. The zero-order valence-corrected chi connectivity index (χ0v) is 7.15. The minimum atomic E-state index is 0. The fourth-order valence-corrected chi connectivity index (χ4v) is 0.994. The van der Waals surface area contributed by atoms with Gasteiger partial charge in [-0.2, -0.15) is 11.8 Å². The van der Waals surface area contributed by atoms with Gasteiger partial charge in [0.05, 0.1) is 6.61 Å². The molecule has 0 bridgehead atoms. The van der Waals surface area contributed by atoms with E-state index < -0.39 is 0 Å². The van der Waals surface area contributed by atoms with E-state index in [1.165, 1.54) is 0 Å². The number of thioether (sulfide) groups is 1. The van der Waals surface area contributed by atoms with Crippen LogP contribution in [0.4, 0.5) is 0 Å². The number of hydrogen-bond donors (Lipinski definition) is 0. The Morgan fingerprint density at radius 1 is 1.14 bits per heavy atom. The minimum Gasteiger partial charge on any atom is -0.381 e. The maximum absolute atomic E-state index is 9.83. The molecular formula is C11H30O2S. The van der Waals surface area contributed by atoms with Crippen LogP contribution in [0.1, 0.15) is 43.1 Å². The van der Waals surface area contributed by atoms with E-state index in [1.807, 2.05) is 0 Å². The highest BCUT2D eigenvalue weighted by Gasteiger charge is 1.86. The smallest absolute Gasteiger partial charge is 0.129 e. The summed E-state index contributed by atoms with van der Waals surface area (Å²) in [5.41, 5.74) is 0. The van der Waals surface area contributed by atoms with Crippen molar-refractivity contribution in [1.82, 2.24) is 0 Å². The second-order valence-corrected chi connectivity index (χ2v) is 3.00. The third-order valence-corrected chi connectivity index (χ3v) is 1.73. The van der Waals surface area contributed by atoms with Crippen LogP contribution in [0.3, 0.4) is 0 Å². The van der Waals surface area contributed by atoms with Crippen LogP contribution < -0.4 is 0 Å². The second-order valence-electron chi connectivity index (χ2n) is 1.85. The highest BCUT2D eigenvalue weighted by atomic mass is 32.2. The Hall–Kier alpha value is -0.0200. The summed E-state index contributed by atoms with van der Waals surface area (Å²) < 4.78 is 5.19. The normalized spacial score (nSPS) is 6.93. The van der Waals surface area contributed by atoms with E-state index in [2.05, 4.69) is 6.92 Å². The van der Waals surface area contributed by atoms with Gasteiger partial charge in [-0.25, -0.2) is 0 Å². The van der Waals surface area contributed by atoms with Crippen LogP contribution in [0, 0.1) is 0 Å². The van der Waals surface area contributed by atoms with Gasteiger partial charge in [0, 0.05) is 18.1 Å². The molecule has 0 unspecified atom stereocenters. The topological polar surface area (TPSA) is 26.3 Å². The highest BCUT2D eigenvalue weighted by Crippen LogP contribution is 1.96. The van der Waals surface area contributed by atoms with Crippen molar-refractivity contribution in [2.24, 2.45) is 0 Å². The summed E-state index contributed by atoms with van der Waals surface area (Å²) in [4.78, 5) is 9.83. The standard InChI is InChI=1S/C7H14O2S.4CH4/c1-2-4-9-5-7-10-6-3-8;;;;/h3H,2,4-7H2,1H3;4*1H4. The van der Waals surface area contributed by atoms with Crippen LogP contribution in [-0.2, 0) is 9.53 Å². The van der Waals surface area contributed by atoms with Gasteiger partial charge in [-0.3, -0.25) is 0 Å². The van der Waals surface area contributed by atoms with Crippen LogP contribution in [0.5, 0.6) is 0 Å². The van der Waals surface area contributed by atoms with Crippen LogP contribution >= 0.6 is 11.8 Å². The molecule has 0 fully saturated rings. The maximum Gasteiger partial charge on any atom is 0.129 e. The Morgan fingerprint density at radius 2 is 1.71 bits per heavy atom. The molecule has 2 nitrogen and oxygen atoms in total. The fraction of sp³-hybridized carbons (Fsp3) is 0.909. The lowest BCUT2D eigenvalue weighted by atomic mass is 10.5. The Labute approximate surface area is 95.8 Å². The monoisotopic (exact) mass is 226 g/mol. The molecule has 0 saturated heterocycles. The maximum atomic E-state index is 9.83. The van der Waals surface area contributed by atoms with Crippen LogP contribution in [0.15, 0.2) is 0 Å². The zero-order chi connectivity index (χ0) is 7.66. The third-order valence-electron chi connectivity index (χ3n) is 0.906. The van der Waals surface area contributed by atoms with Gasteiger partial charge in [0.15, 0.2) is 0 Å². The summed E-state index contributed by atoms with van der Waals surface area (Å²) >= 11 is 1.61. The molecule has 0 aliphatic rings. The van der Waals surface area contributed by atoms with Crippen molar-refractivity contribution in [2.45, 2.75) is 43.1 Å². The molecule has 0 aliphatic heterocycles. The van der Waals surface area contributed by atoms with Gasteiger partial charge in [-0.15, -0.1) is 0 Å². The number of rotatable bonds is 7. The summed E-state index contributed by atoms with van der Waals surface area (Å²) in [7, 11) is 0. The first-order chi connectivity index (χ1) is 4.91. The quantitative estimate of drug-likeness (QED) is 0.486. The van der Waals surface area contributed by atoms with E-state index in [0.29, 0.717) is 5.75 Å². The molecule has 0 amide bonds.